The third-order valence-corrected chi connectivity index (χ3v) is 6.51. The molecule has 0 radical (unpaired) electrons. The number of hydrogen-bond acceptors (Lipinski definition) is 5. The number of hydrogen-bond donors (Lipinski definition) is 1. The zero-order valence-electron chi connectivity index (χ0n) is 16.3. The molecule has 1 fully saturated rings. The molecule has 0 aliphatic carbocycles. The smallest absolute Gasteiger partial charge is 0.233 e. The highest BCUT2D eigenvalue weighted by atomic mass is 32.2. The summed E-state index contributed by atoms with van der Waals surface area (Å²) in [5.74, 6) is 0.484. The van der Waals surface area contributed by atoms with Gasteiger partial charge in [-0.3, -0.25) is 4.72 Å². The fraction of sp³-hybridized carbons (Fsp3) is 0.450. The van der Waals surface area contributed by atoms with Crippen LogP contribution < -0.4 is 14.5 Å². The number of nitrogens with one attached hydrogen (secondary N) is 1. The van der Waals surface area contributed by atoms with Gasteiger partial charge in [0.25, 0.3) is 0 Å². The number of aryl methyl sites for hydroxylation is 1. The number of nitrogens with zero attached hydrogens (tertiary/aromatic N) is 3. The fourth-order valence-electron chi connectivity index (χ4n) is 3.40. The van der Waals surface area contributed by atoms with E-state index >= 15 is 0 Å². The molecule has 6 nitrogen and oxygen atoms in total. The van der Waals surface area contributed by atoms with Gasteiger partial charge in [0.05, 0.1) is 17.6 Å². The average molecular weight is 389 g/mol. The van der Waals surface area contributed by atoms with Crippen molar-refractivity contribution in [1.82, 2.24) is 4.98 Å². The van der Waals surface area contributed by atoms with Crippen molar-refractivity contribution in [2.75, 3.05) is 46.5 Å². The van der Waals surface area contributed by atoms with Gasteiger partial charge < -0.3 is 9.80 Å². The van der Waals surface area contributed by atoms with Crippen molar-refractivity contribution in [2.24, 2.45) is 0 Å². The van der Waals surface area contributed by atoms with Gasteiger partial charge in [-0.1, -0.05) is 19.1 Å². The summed E-state index contributed by atoms with van der Waals surface area (Å²) < 4.78 is 26.2. The van der Waals surface area contributed by atoms with E-state index in [2.05, 4.69) is 51.6 Å². The zero-order chi connectivity index (χ0) is 19.4. The van der Waals surface area contributed by atoms with Crippen LogP contribution >= 0.6 is 0 Å². The Morgan fingerprint density at radius 3 is 2.37 bits per heavy atom. The summed E-state index contributed by atoms with van der Waals surface area (Å²) in [6.45, 7) is 9.90. The minimum Gasteiger partial charge on any atom is -0.368 e. The minimum absolute atomic E-state index is 0.108. The summed E-state index contributed by atoms with van der Waals surface area (Å²) in [5.41, 5.74) is 5.00. The number of pyridine rings is 1. The van der Waals surface area contributed by atoms with Crippen LogP contribution in [0.3, 0.4) is 0 Å². The van der Waals surface area contributed by atoms with Gasteiger partial charge in [-0.15, -0.1) is 0 Å². The molecule has 27 heavy (non-hydrogen) atoms. The lowest BCUT2D eigenvalue weighted by Gasteiger charge is -2.38. The van der Waals surface area contributed by atoms with Gasteiger partial charge in [0, 0.05) is 31.9 Å². The van der Waals surface area contributed by atoms with Crippen LogP contribution in [0.1, 0.15) is 24.5 Å². The quantitative estimate of drug-likeness (QED) is 0.823. The van der Waals surface area contributed by atoms with Crippen LogP contribution in [0.25, 0.3) is 0 Å². The van der Waals surface area contributed by atoms with Crippen LogP contribution in [0, 0.1) is 13.8 Å². The second-order valence-corrected chi connectivity index (χ2v) is 8.86. The Kier molecular flexibility index (Phi) is 5.89. The van der Waals surface area contributed by atoms with Gasteiger partial charge in [-0.05, 0) is 49.6 Å². The molecule has 3 rings (SSSR count). The van der Waals surface area contributed by atoms with E-state index in [9.17, 15) is 8.42 Å². The maximum atomic E-state index is 11.8. The molecule has 1 saturated heterocycles. The summed E-state index contributed by atoms with van der Waals surface area (Å²) in [6, 6.07) is 10.1. The summed E-state index contributed by atoms with van der Waals surface area (Å²) >= 11 is 0. The number of aromatic nitrogens is 1. The third-order valence-electron chi connectivity index (χ3n) is 5.04. The number of piperazine rings is 1. The lowest BCUT2D eigenvalue weighted by Crippen LogP contribution is -2.46. The predicted molar refractivity (Wildman–Crippen MR) is 112 cm³/mol. The summed E-state index contributed by atoms with van der Waals surface area (Å²) in [4.78, 5) is 9.00. The summed E-state index contributed by atoms with van der Waals surface area (Å²) in [5, 5.41) is 0. The number of benzene rings is 1. The molecule has 0 unspecified atom stereocenters. The second kappa shape index (κ2) is 8.17. The summed E-state index contributed by atoms with van der Waals surface area (Å²) in [7, 11) is -3.30. The highest BCUT2D eigenvalue weighted by Gasteiger charge is 2.19. The van der Waals surface area contributed by atoms with Gasteiger partial charge in [-0.25, -0.2) is 13.4 Å². The van der Waals surface area contributed by atoms with Crippen molar-refractivity contribution in [3.63, 3.8) is 0 Å². The summed E-state index contributed by atoms with van der Waals surface area (Å²) in [6.07, 6.45) is 2.33. The Labute approximate surface area is 162 Å². The predicted octanol–water partition coefficient (Wildman–Crippen LogP) is 3.18. The van der Waals surface area contributed by atoms with Crippen LogP contribution in [0.5, 0.6) is 0 Å². The van der Waals surface area contributed by atoms with Crippen molar-refractivity contribution >= 4 is 27.2 Å². The molecule has 0 amide bonds. The SMILES string of the molecule is CCCS(=O)(=O)Nc1ccc(N2CCN(c3cccc(C)c3C)CC2)cn1. The Morgan fingerprint density at radius 2 is 1.74 bits per heavy atom. The molecule has 2 aromatic rings. The standard InChI is InChI=1S/C20H28N4O2S/c1-4-14-27(25,26)22-20-9-8-18(15-21-20)23-10-12-24(13-11-23)19-7-5-6-16(2)17(19)3/h5-9,15H,4,10-14H2,1-3H3,(H,21,22). The Balaban J connectivity index is 1.62. The molecular formula is C20H28N4O2S. The maximum absolute atomic E-state index is 11.8. The van der Waals surface area contributed by atoms with Crippen LogP contribution in [0.2, 0.25) is 0 Å². The first kappa shape index (κ1) is 19.5. The van der Waals surface area contributed by atoms with Crippen molar-refractivity contribution in [3.05, 3.63) is 47.7 Å². The lowest BCUT2D eigenvalue weighted by atomic mass is 10.1. The highest BCUT2D eigenvalue weighted by Crippen LogP contribution is 2.25. The van der Waals surface area contributed by atoms with E-state index in [4.69, 9.17) is 0 Å². The molecule has 1 aliphatic heterocycles. The van der Waals surface area contributed by atoms with E-state index in [-0.39, 0.29) is 5.75 Å². The molecular weight excluding hydrogens is 360 g/mol. The van der Waals surface area contributed by atoms with Crippen LogP contribution in [-0.4, -0.2) is 45.3 Å². The number of sulfonamides is 1. The Bertz CT molecular complexity index is 873. The molecule has 1 aromatic heterocycles. The monoisotopic (exact) mass is 388 g/mol. The molecule has 1 aliphatic rings. The normalized spacial score (nSPS) is 15.1. The van der Waals surface area contributed by atoms with Gasteiger partial charge >= 0.3 is 0 Å². The first-order chi connectivity index (χ1) is 12.9. The molecule has 1 N–H and O–H groups in total. The van der Waals surface area contributed by atoms with E-state index in [0.717, 1.165) is 31.9 Å². The highest BCUT2D eigenvalue weighted by molar-refractivity contribution is 7.92. The van der Waals surface area contributed by atoms with Crippen molar-refractivity contribution in [2.45, 2.75) is 27.2 Å². The topological polar surface area (TPSA) is 65.5 Å². The number of rotatable bonds is 6. The molecule has 1 aromatic carbocycles. The third kappa shape index (κ3) is 4.71. The van der Waals surface area contributed by atoms with Gasteiger partial charge in [-0.2, -0.15) is 0 Å². The lowest BCUT2D eigenvalue weighted by molar-refractivity contribution is 0.599. The van der Waals surface area contributed by atoms with Crippen LogP contribution in [0.4, 0.5) is 17.2 Å². The van der Waals surface area contributed by atoms with Crippen LogP contribution in [-0.2, 0) is 10.0 Å². The van der Waals surface area contributed by atoms with E-state index in [1.54, 1.807) is 12.3 Å². The molecule has 0 saturated carbocycles. The van der Waals surface area contributed by atoms with Crippen LogP contribution in [0.15, 0.2) is 36.5 Å². The molecule has 0 bridgehead atoms. The average Bonchev–Trinajstić information content (AvgIpc) is 2.64. The van der Waals surface area contributed by atoms with E-state index in [1.165, 1.54) is 16.8 Å². The number of anilines is 3. The maximum Gasteiger partial charge on any atom is 0.233 e. The molecule has 0 spiro atoms. The fourth-order valence-corrected chi connectivity index (χ4v) is 4.48. The zero-order valence-corrected chi connectivity index (χ0v) is 17.1. The molecule has 146 valence electrons. The van der Waals surface area contributed by atoms with Gasteiger partial charge in [0.15, 0.2) is 0 Å². The first-order valence-corrected chi connectivity index (χ1v) is 11.1. The van der Waals surface area contributed by atoms with Gasteiger partial charge in [0.2, 0.25) is 10.0 Å². The Morgan fingerprint density at radius 1 is 1.04 bits per heavy atom. The van der Waals surface area contributed by atoms with Gasteiger partial charge in [0.1, 0.15) is 5.82 Å². The van der Waals surface area contributed by atoms with Crippen molar-refractivity contribution < 1.29 is 8.42 Å². The molecule has 2 heterocycles. The minimum atomic E-state index is -3.30. The van der Waals surface area contributed by atoms with E-state index in [0.29, 0.717) is 12.2 Å². The van der Waals surface area contributed by atoms with E-state index < -0.39 is 10.0 Å². The second-order valence-electron chi connectivity index (χ2n) is 7.02. The molecule has 0 atom stereocenters. The Hall–Kier alpha value is -2.28. The van der Waals surface area contributed by atoms with Crippen molar-refractivity contribution in [3.8, 4) is 0 Å². The van der Waals surface area contributed by atoms with Crippen molar-refractivity contribution in [1.29, 1.82) is 0 Å². The van der Waals surface area contributed by atoms with E-state index in [1.807, 2.05) is 13.0 Å². The first-order valence-electron chi connectivity index (χ1n) is 9.42. The molecule has 7 heteroatoms. The largest absolute Gasteiger partial charge is 0.368 e.